The second kappa shape index (κ2) is 7.36. The first kappa shape index (κ1) is 16.3. The Balaban J connectivity index is 1.69. The summed E-state index contributed by atoms with van der Waals surface area (Å²) in [5.74, 6) is -0.0401. The van der Waals surface area contributed by atoms with Crippen molar-refractivity contribution in [1.29, 1.82) is 0 Å². The molecule has 2 heterocycles. The highest BCUT2D eigenvalue weighted by Crippen LogP contribution is 2.32. The van der Waals surface area contributed by atoms with Crippen LogP contribution in [0.2, 0.25) is 0 Å². The summed E-state index contributed by atoms with van der Waals surface area (Å²) in [5, 5.41) is 3.04. The highest BCUT2D eigenvalue weighted by Gasteiger charge is 2.16. The fourth-order valence-electron chi connectivity index (χ4n) is 2.57. The summed E-state index contributed by atoms with van der Waals surface area (Å²) in [7, 11) is 0. The Morgan fingerprint density at radius 2 is 2.04 bits per heavy atom. The van der Waals surface area contributed by atoms with Crippen LogP contribution >= 0.6 is 11.3 Å². The normalized spacial score (nSPS) is 11.9. The number of amides is 1. The first-order valence-corrected chi connectivity index (χ1v) is 8.66. The molecular weight excluding hydrogens is 318 g/mol. The molecule has 1 unspecified atom stereocenters. The molecule has 3 rings (SSSR count). The average molecular weight is 337 g/mol. The van der Waals surface area contributed by atoms with Gasteiger partial charge in [-0.25, -0.2) is 0 Å². The van der Waals surface area contributed by atoms with Crippen LogP contribution in [0.3, 0.4) is 0 Å². The van der Waals surface area contributed by atoms with Gasteiger partial charge in [0.1, 0.15) is 0 Å². The molecule has 0 spiro atoms. The van der Waals surface area contributed by atoms with Crippen LogP contribution in [-0.2, 0) is 6.42 Å². The Hall–Kier alpha value is -2.53. The molecule has 0 radical (unpaired) electrons. The lowest BCUT2D eigenvalue weighted by molar-refractivity contribution is 0.0944. The Morgan fingerprint density at radius 3 is 2.75 bits per heavy atom. The summed E-state index contributed by atoms with van der Waals surface area (Å²) < 4.78 is 0. The average Bonchev–Trinajstić information content (AvgIpc) is 2.98. The van der Waals surface area contributed by atoms with Crippen LogP contribution in [0.1, 0.15) is 27.9 Å². The molecule has 0 aliphatic heterocycles. The number of carbonyl (C=O) groups is 1. The Labute approximate surface area is 145 Å². The van der Waals surface area contributed by atoms with Crippen LogP contribution in [0.25, 0.3) is 10.4 Å². The summed E-state index contributed by atoms with van der Waals surface area (Å²) >= 11 is 1.53. The monoisotopic (exact) mass is 337 g/mol. The number of nitrogens with one attached hydrogen (secondary N) is 1. The van der Waals surface area contributed by atoms with Gasteiger partial charge in [0.15, 0.2) is 0 Å². The van der Waals surface area contributed by atoms with Crippen LogP contribution < -0.4 is 5.32 Å². The predicted molar refractivity (Wildman–Crippen MR) is 97.2 cm³/mol. The van der Waals surface area contributed by atoms with Crippen LogP contribution in [0.5, 0.6) is 0 Å². The SMILES string of the molecule is Cc1cc(C(=O)NC(C)Cc2cnccn2)sc1-c1ccccc1. The van der Waals surface area contributed by atoms with Gasteiger partial charge < -0.3 is 5.32 Å². The zero-order valence-corrected chi connectivity index (χ0v) is 14.5. The van der Waals surface area contributed by atoms with E-state index in [9.17, 15) is 4.79 Å². The number of aromatic nitrogens is 2. The number of thiophene rings is 1. The number of benzene rings is 1. The quantitative estimate of drug-likeness (QED) is 0.769. The van der Waals surface area contributed by atoms with Gasteiger partial charge in [-0.2, -0.15) is 0 Å². The molecule has 24 heavy (non-hydrogen) atoms. The van der Waals surface area contributed by atoms with Gasteiger partial charge in [-0.1, -0.05) is 30.3 Å². The number of nitrogens with zero attached hydrogens (tertiary/aromatic N) is 2. The minimum atomic E-state index is -0.0401. The molecule has 0 aliphatic carbocycles. The van der Waals surface area contributed by atoms with E-state index in [0.717, 1.165) is 26.6 Å². The minimum absolute atomic E-state index is 0.00298. The molecule has 0 aliphatic rings. The smallest absolute Gasteiger partial charge is 0.261 e. The minimum Gasteiger partial charge on any atom is -0.348 e. The molecule has 3 aromatic rings. The van der Waals surface area contributed by atoms with Crippen molar-refractivity contribution in [1.82, 2.24) is 15.3 Å². The number of hydrogen-bond acceptors (Lipinski definition) is 4. The van der Waals surface area contributed by atoms with Crippen molar-refractivity contribution in [2.45, 2.75) is 26.3 Å². The fraction of sp³-hybridized carbons (Fsp3) is 0.211. The molecule has 2 aromatic heterocycles. The van der Waals surface area contributed by atoms with E-state index in [1.807, 2.05) is 38.1 Å². The second-order valence-electron chi connectivity index (χ2n) is 5.76. The molecule has 0 saturated heterocycles. The van der Waals surface area contributed by atoms with E-state index >= 15 is 0 Å². The molecule has 0 fully saturated rings. The number of carbonyl (C=O) groups excluding carboxylic acids is 1. The third-order valence-electron chi connectivity index (χ3n) is 3.69. The molecule has 1 aromatic carbocycles. The van der Waals surface area contributed by atoms with Crippen LogP contribution in [0.4, 0.5) is 0 Å². The van der Waals surface area contributed by atoms with E-state index in [4.69, 9.17) is 0 Å². The number of hydrogen-bond donors (Lipinski definition) is 1. The Morgan fingerprint density at radius 1 is 1.25 bits per heavy atom. The molecule has 5 heteroatoms. The maximum Gasteiger partial charge on any atom is 0.261 e. The highest BCUT2D eigenvalue weighted by atomic mass is 32.1. The molecule has 0 saturated carbocycles. The van der Waals surface area contributed by atoms with Crippen molar-refractivity contribution in [3.8, 4) is 10.4 Å². The molecule has 1 amide bonds. The van der Waals surface area contributed by atoms with Crippen molar-refractivity contribution in [2.24, 2.45) is 0 Å². The van der Waals surface area contributed by atoms with Gasteiger partial charge in [-0.3, -0.25) is 14.8 Å². The van der Waals surface area contributed by atoms with E-state index in [0.29, 0.717) is 6.42 Å². The van der Waals surface area contributed by atoms with Crippen molar-refractivity contribution in [3.63, 3.8) is 0 Å². The summed E-state index contributed by atoms with van der Waals surface area (Å²) in [6, 6.07) is 12.1. The molecule has 0 bridgehead atoms. The third-order valence-corrected chi connectivity index (χ3v) is 4.97. The van der Waals surface area contributed by atoms with Crippen molar-refractivity contribution in [2.75, 3.05) is 0 Å². The van der Waals surface area contributed by atoms with Crippen LogP contribution in [0.15, 0.2) is 55.0 Å². The number of rotatable bonds is 5. The molecule has 1 atom stereocenters. The van der Waals surface area contributed by atoms with Gasteiger partial charge in [-0.05, 0) is 31.0 Å². The Kier molecular flexibility index (Phi) is 5.01. The first-order chi connectivity index (χ1) is 11.6. The lowest BCUT2D eigenvalue weighted by Crippen LogP contribution is -2.33. The lowest BCUT2D eigenvalue weighted by atomic mass is 10.1. The van der Waals surface area contributed by atoms with Crippen molar-refractivity contribution in [3.05, 3.63) is 71.1 Å². The largest absolute Gasteiger partial charge is 0.348 e. The van der Waals surface area contributed by atoms with Gasteiger partial charge in [0.2, 0.25) is 0 Å². The Bertz CT molecular complexity index is 815. The molecule has 122 valence electrons. The standard InChI is InChI=1S/C19H19N3OS/c1-13-10-17(24-18(13)15-6-4-3-5-7-15)19(23)22-14(2)11-16-12-20-8-9-21-16/h3-10,12,14H,11H2,1-2H3,(H,22,23). The van der Waals surface area contributed by atoms with Crippen molar-refractivity contribution < 1.29 is 4.79 Å². The van der Waals surface area contributed by atoms with Crippen LogP contribution in [0, 0.1) is 6.92 Å². The lowest BCUT2D eigenvalue weighted by Gasteiger charge is -2.12. The topological polar surface area (TPSA) is 54.9 Å². The van der Waals surface area contributed by atoms with E-state index in [-0.39, 0.29) is 11.9 Å². The zero-order chi connectivity index (χ0) is 16.9. The van der Waals surface area contributed by atoms with Crippen LogP contribution in [-0.4, -0.2) is 21.9 Å². The fourth-order valence-corrected chi connectivity index (χ4v) is 3.65. The second-order valence-corrected chi connectivity index (χ2v) is 6.82. The predicted octanol–water partition coefficient (Wildman–Crippen LogP) is 3.87. The highest BCUT2D eigenvalue weighted by molar-refractivity contribution is 7.17. The summed E-state index contributed by atoms with van der Waals surface area (Å²) in [4.78, 5) is 22.7. The van der Waals surface area contributed by atoms with E-state index in [1.165, 1.54) is 11.3 Å². The number of aryl methyl sites for hydroxylation is 1. The maximum absolute atomic E-state index is 12.5. The van der Waals surface area contributed by atoms with Gasteiger partial charge >= 0.3 is 0 Å². The summed E-state index contributed by atoms with van der Waals surface area (Å²) in [6.07, 6.45) is 5.70. The molecule has 1 N–H and O–H groups in total. The van der Waals surface area contributed by atoms with Crippen molar-refractivity contribution >= 4 is 17.2 Å². The third kappa shape index (κ3) is 3.86. The van der Waals surface area contributed by atoms with Gasteiger partial charge in [-0.15, -0.1) is 11.3 Å². The molecular formula is C19H19N3OS. The van der Waals surface area contributed by atoms with E-state index in [1.54, 1.807) is 18.6 Å². The van der Waals surface area contributed by atoms with E-state index < -0.39 is 0 Å². The van der Waals surface area contributed by atoms with Gasteiger partial charge in [0, 0.05) is 35.9 Å². The maximum atomic E-state index is 12.5. The molecule has 4 nitrogen and oxygen atoms in total. The zero-order valence-electron chi connectivity index (χ0n) is 13.7. The van der Waals surface area contributed by atoms with E-state index in [2.05, 4.69) is 27.4 Å². The first-order valence-electron chi connectivity index (χ1n) is 7.85. The van der Waals surface area contributed by atoms with Gasteiger partial charge in [0.25, 0.3) is 5.91 Å². The van der Waals surface area contributed by atoms with Gasteiger partial charge in [0.05, 0.1) is 10.6 Å². The summed E-state index contributed by atoms with van der Waals surface area (Å²) in [6.45, 7) is 4.02. The summed E-state index contributed by atoms with van der Waals surface area (Å²) in [5.41, 5.74) is 3.14.